The number of fused-ring (bicyclic) bond motifs is 1. The van der Waals surface area contributed by atoms with E-state index in [0.29, 0.717) is 33.3 Å². The summed E-state index contributed by atoms with van der Waals surface area (Å²) in [5.41, 5.74) is 2.04. The van der Waals surface area contributed by atoms with Crippen molar-refractivity contribution in [3.63, 3.8) is 0 Å². The number of amides is 1. The summed E-state index contributed by atoms with van der Waals surface area (Å²) in [6, 6.07) is 12.5. The molecule has 0 saturated heterocycles. The van der Waals surface area contributed by atoms with Crippen molar-refractivity contribution in [2.24, 2.45) is 0 Å². The molecule has 0 radical (unpaired) electrons. The van der Waals surface area contributed by atoms with Gasteiger partial charge in [0.05, 0.1) is 16.2 Å². The fourth-order valence-corrected chi connectivity index (χ4v) is 3.79. The molecule has 0 aliphatic heterocycles. The molecule has 144 valence electrons. The minimum Gasteiger partial charge on any atom is -0.325 e. The Morgan fingerprint density at radius 2 is 2.11 bits per heavy atom. The van der Waals surface area contributed by atoms with E-state index in [0.717, 1.165) is 5.56 Å². The highest BCUT2D eigenvalue weighted by Gasteiger charge is 2.20. The van der Waals surface area contributed by atoms with Gasteiger partial charge in [0, 0.05) is 17.3 Å². The van der Waals surface area contributed by atoms with Crippen LogP contribution in [-0.2, 0) is 11.3 Å². The molecule has 1 heterocycles. The Balaban J connectivity index is 1.89. The summed E-state index contributed by atoms with van der Waals surface area (Å²) in [7, 11) is 0. The van der Waals surface area contributed by atoms with Gasteiger partial charge in [-0.1, -0.05) is 47.6 Å². The molecule has 3 rings (SSSR count). The first-order chi connectivity index (χ1) is 13.4. The van der Waals surface area contributed by atoms with Crippen LogP contribution in [-0.4, -0.2) is 20.7 Å². The number of aryl methyl sites for hydroxylation is 1. The Morgan fingerprint density at radius 1 is 1.36 bits per heavy atom. The molecule has 3 aromatic rings. The van der Waals surface area contributed by atoms with E-state index in [2.05, 4.69) is 16.9 Å². The van der Waals surface area contributed by atoms with Crippen LogP contribution in [0.15, 0.2) is 65.1 Å². The Morgan fingerprint density at radius 3 is 2.86 bits per heavy atom. The number of allylic oxidation sites excluding steroid dienone is 1. The second kappa shape index (κ2) is 8.63. The predicted molar refractivity (Wildman–Crippen MR) is 116 cm³/mol. The number of carbonyl (C=O) groups is 1. The van der Waals surface area contributed by atoms with Gasteiger partial charge in [0.15, 0.2) is 5.16 Å². The first-order valence-corrected chi connectivity index (χ1v) is 10.0. The number of anilines is 1. The summed E-state index contributed by atoms with van der Waals surface area (Å²) in [6.45, 7) is 7.71. The van der Waals surface area contributed by atoms with E-state index < -0.39 is 5.25 Å². The average molecular weight is 414 g/mol. The largest absolute Gasteiger partial charge is 0.325 e. The van der Waals surface area contributed by atoms with Crippen LogP contribution in [0.3, 0.4) is 0 Å². The number of thioether (sulfide) groups is 1. The van der Waals surface area contributed by atoms with E-state index in [-0.39, 0.29) is 11.5 Å². The fourth-order valence-electron chi connectivity index (χ4n) is 2.70. The van der Waals surface area contributed by atoms with E-state index in [1.54, 1.807) is 43.3 Å². The number of nitrogens with one attached hydrogen (secondary N) is 1. The van der Waals surface area contributed by atoms with Crippen molar-refractivity contribution in [1.82, 2.24) is 9.55 Å². The number of nitrogens with zero attached hydrogens (tertiary/aromatic N) is 2. The third kappa shape index (κ3) is 4.29. The van der Waals surface area contributed by atoms with Gasteiger partial charge < -0.3 is 5.32 Å². The molecule has 5 nitrogen and oxygen atoms in total. The Kier molecular flexibility index (Phi) is 6.21. The van der Waals surface area contributed by atoms with Gasteiger partial charge in [-0.15, -0.1) is 6.58 Å². The number of rotatable bonds is 6. The fraction of sp³-hybridized carbons (Fsp3) is 0.190. The van der Waals surface area contributed by atoms with Crippen molar-refractivity contribution in [2.45, 2.75) is 30.8 Å². The number of hydrogen-bond acceptors (Lipinski definition) is 4. The average Bonchev–Trinajstić information content (AvgIpc) is 2.67. The highest BCUT2D eigenvalue weighted by molar-refractivity contribution is 8.00. The van der Waals surface area contributed by atoms with Crippen LogP contribution in [0.2, 0.25) is 5.02 Å². The molecule has 1 amide bonds. The predicted octanol–water partition coefficient (Wildman–Crippen LogP) is 4.66. The van der Waals surface area contributed by atoms with Gasteiger partial charge in [0.1, 0.15) is 0 Å². The maximum Gasteiger partial charge on any atom is 0.262 e. The molecule has 0 saturated carbocycles. The second-order valence-corrected chi connectivity index (χ2v) is 8.07. The molecule has 28 heavy (non-hydrogen) atoms. The van der Waals surface area contributed by atoms with Crippen molar-refractivity contribution in [2.75, 3.05) is 5.32 Å². The van der Waals surface area contributed by atoms with Gasteiger partial charge >= 0.3 is 0 Å². The molecular formula is C21H20ClN3O2S. The minimum atomic E-state index is -0.470. The minimum absolute atomic E-state index is 0.147. The summed E-state index contributed by atoms with van der Waals surface area (Å²) in [5, 5.41) is 4.00. The highest BCUT2D eigenvalue weighted by atomic mass is 35.5. The first-order valence-electron chi connectivity index (χ1n) is 8.75. The van der Waals surface area contributed by atoms with Gasteiger partial charge in [0.25, 0.3) is 5.56 Å². The maximum atomic E-state index is 12.8. The monoisotopic (exact) mass is 413 g/mol. The maximum absolute atomic E-state index is 12.8. The molecule has 0 aliphatic carbocycles. The number of benzene rings is 2. The van der Waals surface area contributed by atoms with Crippen LogP contribution in [0.4, 0.5) is 5.69 Å². The van der Waals surface area contributed by atoms with E-state index >= 15 is 0 Å². The van der Waals surface area contributed by atoms with E-state index in [1.165, 1.54) is 16.3 Å². The van der Waals surface area contributed by atoms with Gasteiger partial charge in [-0.3, -0.25) is 14.2 Å². The third-order valence-electron chi connectivity index (χ3n) is 4.25. The van der Waals surface area contributed by atoms with Crippen molar-refractivity contribution in [1.29, 1.82) is 0 Å². The lowest BCUT2D eigenvalue weighted by atomic mass is 10.2. The molecule has 1 aromatic heterocycles. The molecule has 1 atom stereocenters. The van der Waals surface area contributed by atoms with Crippen LogP contribution in [0, 0.1) is 6.92 Å². The summed E-state index contributed by atoms with van der Waals surface area (Å²) >= 11 is 7.26. The van der Waals surface area contributed by atoms with Crippen LogP contribution >= 0.6 is 23.4 Å². The quantitative estimate of drug-likeness (QED) is 0.362. The number of carbonyl (C=O) groups excluding carboxylic acids is 1. The highest BCUT2D eigenvalue weighted by Crippen LogP contribution is 2.25. The van der Waals surface area contributed by atoms with Gasteiger partial charge in [-0.25, -0.2) is 4.98 Å². The van der Waals surface area contributed by atoms with Crippen LogP contribution in [0.5, 0.6) is 0 Å². The zero-order valence-corrected chi connectivity index (χ0v) is 17.2. The van der Waals surface area contributed by atoms with Gasteiger partial charge in [-0.05, 0) is 43.7 Å². The van der Waals surface area contributed by atoms with Crippen LogP contribution in [0.1, 0.15) is 12.5 Å². The summed E-state index contributed by atoms with van der Waals surface area (Å²) in [5.74, 6) is -0.192. The van der Waals surface area contributed by atoms with Gasteiger partial charge in [-0.2, -0.15) is 0 Å². The SMILES string of the molecule is C=CCn1c(S[C@H](C)C(=O)Nc2cc(Cl)ccc2C)nc2ccccc2c1=O. The summed E-state index contributed by atoms with van der Waals surface area (Å²) in [6.07, 6.45) is 1.64. The van der Waals surface area contributed by atoms with Gasteiger partial charge in [0.2, 0.25) is 5.91 Å². The Labute approximate surface area is 172 Å². The van der Waals surface area contributed by atoms with Crippen molar-refractivity contribution in [3.8, 4) is 0 Å². The summed E-state index contributed by atoms with van der Waals surface area (Å²) in [4.78, 5) is 30.1. The third-order valence-corrected chi connectivity index (χ3v) is 5.57. The molecule has 0 fully saturated rings. The summed E-state index contributed by atoms with van der Waals surface area (Å²) < 4.78 is 1.54. The molecule has 0 unspecified atom stereocenters. The van der Waals surface area contributed by atoms with E-state index in [9.17, 15) is 9.59 Å². The molecule has 7 heteroatoms. The molecule has 2 aromatic carbocycles. The van der Waals surface area contributed by atoms with Crippen LogP contribution < -0.4 is 10.9 Å². The molecular weight excluding hydrogens is 394 g/mol. The zero-order chi connectivity index (χ0) is 20.3. The van der Waals surface area contributed by atoms with E-state index in [1.807, 2.05) is 19.1 Å². The number of halogens is 1. The Hall–Kier alpha value is -2.57. The zero-order valence-electron chi connectivity index (χ0n) is 15.6. The lowest BCUT2D eigenvalue weighted by molar-refractivity contribution is -0.115. The van der Waals surface area contributed by atoms with Crippen molar-refractivity contribution < 1.29 is 4.79 Å². The lowest BCUT2D eigenvalue weighted by Gasteiger charge is -2.16. The smallest absolute Gasteiger partial charge is 0.262 e. The van der Waals surface area contributed by atoms with Crippen molar-refractivity contribution >= 4 is 45.9 Å². The second-order valence-electron chi connectivity index (χ2n) is 6.32. The molecule has 0 spiro atoms. The first kappa shape index (κ1) is 20.2. The van der Waals surface area contributed by atoms with Crippen LogP contribution in [0.25, 0.3) is 10.9 Å². The number of hydrogen-bond donors (Lipinski definition) is 1. The standard InChI is InChI=1S/C21H20ClN3O2S/c1-4-11-25-20(27)16-7-5-6-8-17(16)24-21(25)28-14(3)19(26)23-18-12-15(22)10-9-13(18)2/h4-10,12,14H,1,11H2,2-3H3,(H,23,26)/t14-/m1/s1. The molecule has 0 bridgehead atoms. The number of para-hydroxylation sites is 1. The topological polar surface area (TPSA) is 64.0 Å². The molecule has 0 aliphatic rings. The normalized spacial score (nSPS) is 12.0. The van der Waals surface area contributed by atoms with E-state index in [4.69, 9.17) is 11.6 Å². The Bertz CT molecular complexity index is 1110. The van der Waals surface area contributed by atoms with Crippen molar-refractivity contribution in [3.05, 3.63) is 76.1 Å². The number of aromatic nitrogens is 2. The lowest BCUT2D eigenvalue weighted by Crippen LogP contribution is -2.27. The molecule has 1 N–H and O–H groups in total.